The number of fused-ring (bicyclic) bond motifs is 1. The van der Waals surface area contributed by atoms with E-state index >= 15 is 0 Å². The standard InChI is InChI=1S/C27H23Br2N3O5S/c1-4-35-19-8-6-16(7-9-19)23-22(26(34)36-5-2)15(3)31-27-32(23)25(33)21(38-27)13-17-12-18(28)14-20(29)24(17)37-11-10-30/h6-9,12-14,23H,4-5,11H2,1-3H3/b21-13-/t23-/m0/s1. The third-order valence-corrected chi connectivity index (χ3v) is 7.66. The lowest BCUT2D eigenvalue weighted by Gasteiger charge is -2.24. The summed E-state index contributed by atoms with van der Waals surface area (Å²) in [7, 11) is 0. The molecule has 0 radical (unpaired) electrons. The number of nitriles is 1. The fraction of sp³-hybridized carbons (Fsp3) is 0.259. The van der Waals surface area contributed by atoms with Crippen molar-refractivity contribution in [3.63, 3.8) is 0 Å². The van der Waals surface area contributed by atoms with Crippen molar-refractivity contribution in [1.29, 1.82) is 5.26 Å². The van der Waals surface area contributed by atoms with E-state index in [1.165, 1.54) is 15.9 Å². The molecule has 0 aliphatic carbocycles. The minimum atomic E-state index is -0.730. The van der Waals surface area contributed by atoms with E-state index in [1.54, 1.807) is 32.1 Å². The third-order valence-electron chi connectivity index (χ3n) is 5.63. The van der Waals surface area contributed by atoms with Gasteiger partial charge in [-0.2, -0.15) is 5.26 Å². The molecular weight excluding hydrogens is 638 g/mol. The zero-order chi connectivity index (χ0) is 27.4. The van der Waals surface area contributed by atoms with E-state index in [4.69, 9.17) is 19.5 Å². The number of carbonyl (C=O) groups excluding carboxylic acids is 1. The first-order valence-corrected chi connectivity index (χ1v) is 14.1. The summed E-state index contributed by atoms with van der Waals surface area (Å²) in [5.41, 5.74) is 1.80. The molecule has 0 N–H and O–H groups in total. The Morgan fingerprint density at radius 3 is 2.58 bits per heavy atom. The first kappa shape index (κ1) is 27.8. The topological polar surface area (TPSA) is 103 Å². The lowest BCUT2D eigenvalue weighted by molar-refractivity contribution is -0.139. The molecule has 4 rings (SSSR count). The molecule has 1 aromatic heterocycles. The summed E-state index contributed by atoms with van der Waals surface area (Å²) in [6, 6.07) is 12.1. The third kappa shape index (κ3) is 5.62. The van der Waals surface area contributed by atoms with Gasteiger partial charge in [0.05, 0.1) is 39.5 Å². The first-order chi connectivity index (χ1) is 18.3. The second-order valence-electron chi connectivity index (χ2n) is 8.06. The number of thiazole rings is 1. The summed E-state index contributed by atoms with van der Waals surface area (Å²) >= 11 is 8.15. The maximum Gasteiger partial charge on any atom is 0.338 e. The number of aromatic nitrogens is 1. The summed E-state index contributed by atoms with van der Waals surface area (Å²) in [5.74, 6) is 0.601. The van der Waals surface area contributed by atoms with Crippen molar-refractivity contribution in [2.45, 2.75) is 26.8 Å². The SMILES string of the molecule is CCOC(=O)C1=C(C)N=c2s/c(=C\c3cc(Br)cc(Br)c3OCC#N)c(=O)n2[C@H]1c1ccc(OCC)cc1. The van der Waals surface area contributed by atoms with Crippen LogP contribution in [0.5, 0.6) is 11.5 Å². The average Bonchev–Trinajstić information content (AvgIpc) is 3.17. The molecule has 0 unspecified atom stereocenters. The summed E-state index contributed by atoms with van der Waals surface area (Å²) in [6.45, 7) is 5.94. The predicted octanol–water partition coefficient (Wildman–Crippen LogP) is 4.62. The molecule has 2 aromatic carbocycles. The highest BCUT2D eigenvalue weighted by atomic mass is 79.9. The Morgan fingerprint density at radius 1 is 1.18 bits per heavy atom. The van der Waals surface area contributed by atoms with E-state index in [1.807, 2.05) is 37.3 Å². The molecule has 196 valence electrons. The van der Waals surface area contributed by atoms with Crippen LogP contribution in [-0.4, -0.2) is 30.4 Å². The Morgan fingerprint density at radius 2 is 1.92 bits per heavy atom. The minimum Gasteiger partial charge on any atom is -0.494 e. The summed E-state index contributed by atoms with van der Waals surface area (Å²) in [5, 5.41) is 9.00. The van der Waals surface area contributed by atoms with Crippen LogP contribution in [-0.2, 0) is 9.53 Å². The van der Waals surface area contributed by atoms with Gasteiger partial charge in [0.1, 0.15) is 17.6 Å². The highest BCUT2D eigenvalue weighted by Gasteiger charge is 2.33. The van der Waals surface area contributed by atoms with Crippen LogP contribution in [0.2, 0.25) is 0 Å². The van der Waals surface area contributed by atoms with Gasteiger partial charge in [-0.15, -0.1) is 0 Å². The normalized spacial score (nSPS) is 14.9. The Hall–Kier alpha value is -3.20. The van der Waals surface area contributed by atoms with Gasteiger partial charge in [0.25, 0.3) is 5.56 Å². The molecule has 0 saturated carbocycles. The van der Waals surface area contributed by atoms with Crippen LogP contribution in [0.3, 0.4) is 0 Å². The first-order valence-electron chi connectivity index (χ1n) is 11.7. The Balaban J connectivity index is 1.94. The number of benzene rings is 2. The number of esters is 1. The summed E-state index contributed by atoms with van der Waals surface area (Å²) in [6.07, 6.45) is 1.70. The van der Waals surface area contributed by atoms with Crippen LogP contribution in [0.1, 0.15) is 37.9 Å². The minimum absolute atomic E-state index is 0.151. The van der Waals surface area contributed by atoms with Crippen LogP contribution < -0.4 is 24.4 Å². The highest BCUT2D eigenvalue weighted by molar-refractivity contribution is 9.11. The number of rotatable bonds is 8. The molecule has 8 nitrogen and oxygen atoms in total. The number of hydrogen-bond acceptors (Lipinski definition) is 8. The van der Waals surface area contributed by atoms with Crippen LogP contribution in [0.15, 0.2) is 66.4 Å². The molecule has 0 amide bonds. The maximum atomic E-state index is 13.9. The number of carbonyl (C=O) groups is 1. The Labute approximate surface area is 239 Å². The van der Waals surface area contributed by atoms with Crippen LogP contribution in [0, 0.1) is 11.3 Å². The summed E-state index contributed by atoms with van der Waals surface area (Å²) < 4.78 is 19.9. The number of ether oxygens (including phenoxy) is 3. The molecule has 0 bridgehead atoms. The van der Waals surface area contributed by atoms with Crippen molar-refractivity contribution in [3.05, 3.63) is 87.4 Å². The van der Waals surface area contributed by atoms with Crippen molar-refractivity contribution in [2.24, 2.45) is 4.99 Å². The molecule has 2 heterocycles. The lowest BCUT2D eigenvalue weighted by Crippen LogP contribution is -2.39. The smallest absolute Gasteiger partial charge is 0.338 e. The van der Waals surface area contributed by atoms with Gasteiger partial charge in [-0.3, -0.25) is 9.36 Å². The van der Waals surface area contributed by atoms with Gasteiger partial charge in [-0.05, 0) is 72.6 Å². The van der Waals surface area contributed by atoms with Crippen molar-refractivity contribution < 1.29 is 19.0 Å². The van der Waals surface area contributed by atoms with E-state index in [9.17, 15) is 9.59 Å². The number of halogens is 2. The molecule has 0 saturated heterocycles. The van der Waals surface area contributed by atoms with Crippen molar-refractivity contribution in [3.8, 4) is 17.6 Å². The van der Waals surface area contributed by atoms with Gasteiger partial charge < -0.3 is 14.2 Å². The average molecular weight is 661 g/mol. The number of nitrogens with zero attached hydrogens (tertiary/aromatic N) is 3. The van der Waals surface area contributed by atoms with E-state index < -0.39 is 12.0 Å². The Kier molecular flexibility index (Phi) is 8.87. The van der Waals surface area contributed by atoms with Gasteiger partial charge in [-0.1, -0.05) is 39.4 Å². The number of allylic oxidation sites excluding steroid dienone is 1. The Bertz CT molecular complexity index is 1630. The second kappa shape index (κ2) is 12.1. The predicted molar refractivity (Wildman–Crippen MR) is 151 cm³/mol. The van der Waals surface area contributed by atoms with E-state index in [0.717, 1.165) is 10.0 Å². The molecular formula is C27H23Br2N3O5S. The van der Waals surface area contributed by atoms with Gasteiger partial charge in [-0.25, -0.2) is 9.79 Å². The van der Waals surface area contributed by atoms with Gasteiger partial charge >= 0.3 is 5.97 Å². The molecule has 1 aliphatic heterocycles. The van der Waals surface area contributed by atoms with Crippen molar-refractivity contribution >= 4 is 55.2 Å². The fourth-order valence-corrected chi connectivity index (χ4v) is 6.52. The molecule has 0 spiro atoms. The van der Waals surface area contributed by atoms with E-state index in [2.05, 4.69) is 36.9 Å². The fourth-order valence-electron chi connectivity index (χ4n) is 4.11. The number of hydrogen-bond donors (Lipinski definition) is 0. The monoisotopic (exact) mass is 659 g/mol. The van der Waals surface area contributed by atoms with E-state index in [0.29, 0.717) is 48.7 Å². The molecule has 11 heteroatoms. The largest absolute Gasteiger partial charge is 0.494 e. The highest BCUT2D eigenvalue weighted by Crippen LogP contribution is 2.34. The molecule has 38 heavy (non-hydrogen) atoms. The molecule has 1 aliphatic rings. The van der Waals surface area contributed by atoms with Crippen LogP contribution in [0.4, 0.5) is 0 Å². The van der Waals surface area contributed by atoms with Gasteiger partial charge in [0.2, 0.25) is 0 Å². The zero-order valence-corrected chi connectivity index (χ0v) is 24.8. The van der Waals surface area contributed by atoms with Gasteiger partial charge in [0, 0.05) is 10.0 Å². The van der Waals surface area contributed by atoms with E-state index in [-0.39, 0.29) is 18.8 Å². The maximum absolute atomic E-state index is 13.9. The second-order valence-corrected chi connectivity index (χ2v) is 10.8. The van der Waals surface area contributed by atoms with Crippen molar-refractivity contribution in [2.75, 3.05) is 19.8 Å². The molecule has 1 atom stereocenters. The zero-order valence-electron chi connectivity index (χ0n) is 20.8. The molecule has 0 fully saturated rings. The summed E-state index contributed by atoms with van der Waals surface area (Å²) in [4.78, 5) is 32.0. The van der Waals surface area contributed by atoms with Crippen molar-refractivity contribution in [1.82, 2.24) is 4.57 Å². The van der Waals surface area contributed by atoms with Crippen LogP contribution >= 0.6 is 43.2 Å². The molecule has 3 aromatic rings. The lowest BCUT2D eigenvalue weighted by atomic mass is 9.96. The van der Waals surface area contributed by atoms with Crippen LogP contribution in [0.25, 0.3) is 6.08 Å². The van der Waals surface area contributed by atoms with Gasteiger partial charge in [0.15, 0.2) is 11.4 Å². The quantitative estimate of drug-likeness (QED) is 0.327.